The number of nitrogens with one attached hydrogen (secondary N) is 1. The number of rotatable bonds is 4. The van der Waals surface area contributed by atoms with Crippen LogP contribution in [0, 0.1) is 18.6 Å². The topological polar surface area (TPSA) is 124 Å². The van der Waals surface area contributed by atoms with Crippen LogP contribution in [-0.2, 0) is 9.47 Å². The van der Waals surface area contributed by atoms with E-state index >= 15 is 0 Å². The number of aromatic nitrogens is 5. The average molecular weight is 588 g/mol. The predicted octanol–water partition coefficient (Wildman–Crippen LogP) is 6.87. The number of carbonyl (C=O) groups excluding carboxylic acids is 2. The van der Waals surface area contributed by atoms with Gasteiger partial charge in [0.1, 0.15) is 45.7 Å². The Morgan fingerprint density at radius 3 is 2.22 bits per heavy atom. The van der Waals surface area contributed by atoms with Crippen LogP contribution in [0.5, 0.6) is 0 Å². The Morgan fingerprint density at radius 2 is 1.63 bits per heavy atom. The first kappa shape index (κ1) is 29.6. The predicted molar refractivity (Wildman–Crippen MR) is 149 cm³/mol. The van der Waals surface area contributed by atoms with Gasteiger partial charge in [0.25, 0.3) is 0 Å². The lowest BCUT2D eigenvalue weighted by Gasteiger charge is -2.28. The zero-order chi connectivity index (χ0) is 30.3. The normalized spacial score (nSPS) is 11.9. The highest BCUT2D eigenvalue weighted by atomic mass is 35.5. The van der Waals surface area contributed by atoms with Crippen molar-refractivity contribution in [3.05, 3.63) is 59.1 Å². The van der Waals surface area contributed by atoms with Crippen LogP contribution in [0.25, 0.3) is 16.6 Å². The molecule has 4 rings (SSSR count). The molecule has 3 heterocycles. The number of carbonyl (C=O) groups is 2. The van der Waals surface area contributed by atoms with Crippen LogP contribution in [0.4, 0.5) is 35.8 Å². The van der Waals surface area contributed by atoms with Gasteiger partial charge in [-0.25, -0.2) is 38.0 Å². The summed E-state index contributed by atoms with van der Waals surface area (Å²) in [6.07, 6.45) is 0.274. The van der Waals surface area contributed by atoms with Gasteiger partial charge in [0.05, 0.1) is 16.6 Å². The highest BCUT2D eigenvalue weighted by Crippen LogP contribution is 2.30. The summed E-state index contributed by atoms with van der Waals surface area (Å²) in [5.41, 5.74) is -2.03. The fourth-order valence-electron chi connectivity index (χ4n) is 3.63. The number of hydrogen-bond donors (Lipinski definition) is 1. The number of halogens is 3. The van der Waals surface area contributed by atoms with E-state index in [2.05, 4.69) is 25.4 Å². The third-order valence-electron chi connectivity index (χ3n) is 5.12. The molecule has 0 fully saturated rings. The lowest BCUT2D eigenvalue weighted by atomic mass is 10.2. The molecule has 14 heteroatoms. The number of hydrogen-bond acceptors (Lipinski definition) is 9. The van der Waals surface area contributed by atoms with E-state index in [9.17, 15) is 18.4 Å². The summed E-state index contributed by atoms with van der Waals surface area (Å²) in [5.74, 6) is -1.18. The summed E-state index contributed by atoms with van der Waals surface area (Å²) in [5, 5.41) is 7.35. The van der Waals surface area contributed by atoms with Gasteiger partial charge in [-0.15, -0.1) is 0 Å². The number of amides is 2. The molecule has 0 radical (unpaired) electrons. The van der Waals surface area contributed by atoms with Crippen LogP contribution in [0.3, 0.4) is 0 Å². The number of ether oxygens (including phenoxy) is 2. The van der Waals surface area contributed by atoms with Crippen molar-refractivity contribution >= 4 is 52.1 Å². The van der Waals surface area contributed by atoms with Crippen molar-refractivity contribution in [2.24, 2.45) is 0 Å². The largest absolute Gasteiger partial charge is 0.443 e. The second-order valence-electron chi connectivity index (χ2n) is 10.9. The van der Waals surface area contributed by atoms with Crippen molar-refractivity contribution in [1.29, 1.82) is 0 Å². The minimum absolute atomic E-state index is 0.0683. The zero-order valence-electron chi connectivity index (χ0n) is 23.4. The standard InChI is InChI=1S/C27H28ClF2N7O4/c1-14-32-19(11-20(33-14)37(24(38)40-26(2,3)4)25(39)41-27(5,6)7)34-23-15-13-36(35-21(15)18(30)12-31-23)22-16(28)9-8-10-17(22)29/h8-13H,1-7H3,(H,31,32,33,34). The summed E-state index contributed by atoms with van der Waals surface area (Å²) < 4.78 is 41.2. The molecule has 1 N–H and O–H groups in total. The van der Waals surface area contributed by atoms with Crippen molar-refractivity contribution in [3.8, 4) is 5.69 Å². The van der Waals surface area contributed by atoms with Gasteiger partial charge in [-0.1, -0.05) is 17.7 Å². The second kappa shape index (κ2) is 10.9. The van der Waals surface area contributed by atoms with Crippen molar-refractivity contribution in [2.45, 2.75) is 59.7 Å². The van der Waals surface area contributed by atoms with Crippen LogP contribution in [-0.4, -0.2) is 48.1 Å². The molecule has 0 spiro atoms. The first-order valence-corrected chi connectivity index (χ1v) is 12.8. The fraction of sp³-hybridized carbons (Fsp3) is 0.333. The number of pyridine rings is 1. The van der Waals surface area contributed by atoms with E-state index in [-0.39, 0.29) is 44.9 Å². The monoisotopic (exact) mass is 587 g/mol. The molecule has 3 aromatic heterocycles. The van der Waals surface area contributed by atoms with Gasteiger partial charge >= 0.3 is 12.2 Å². The number of nitrogens with zero attached hydrogens (tertiary/aromatic N) is 6. The molecular weight excluding hydrogens is 560 g/mol. The molecule has 0 saturated carbocycles. The minimum atomic E-state index is -1.01. The Labute approximate surface area is 239 Å². The zero-order valence-corrected chi connectivity index (χ0v) is 24.2. The Hall–Kier alpha value is -4.39. The maximum absolute atomic E-state index is 14.7. The van der Waals surface area contributed by atoms with Crippen LogP contribution in [0.15, 0.2) is 36.7 Å². The number of para-hydroxylation sites is 1. The van der Waals surface area contributed by atoms with Crippen LogP contribution in [0.2, 0.25) is 5.02 Å². The van der Waals surface area contributed by atoms with E-state index in [0.29, 0.717) is 4.90 Å². The summed E-state index contributed by atoms with van der Waals surface area (Å²) in [7, 11) is 0. The fourth-order valence-corrected chi connectivity index (χ4v) is 3.88. The lowest BCUT2D eigenvalue weighted by molar-refractivity contribution is 0.0429. The molecule has 11 nitrogen and oxygen atoms in total. The van der Waals surface area contributed by atoms with Crippen molar-refractivity contribution in [2.75, 3.05) is 10.2 Å². The average Bonchev–Trinajstić information content (AvgIpc) is 3.24. The Bertz CT molecular complexity index is 1600. The summed E-state index contributed by atoms with van der Waals surface area (Å²) in [4.78, 5) is 39.5. The molecule has 0 aliphatic carbocycles. The van der Waals surface area contributed by atoms with Gasteiger partial charge in [-0.3, -0.25) is 0 Å². The molecule has 0 bridgehead atoms. The molecule has 2 amide bonds. The highest BCUT2D eigenvalue weighted by Gasteiger charge is 2.34. The number of fused-ring (bicyclic) bond motifs is 1. The van der Waals surface area contributed by atoms with Crippen molar-refractivity contribution in [3.63, 3.8) is 0 Å². The number of aryl methyl sites for hydroxylation is 1. The third kappa shape index (κ3) is 6.85. The molecule has 0 atom stereocenters. The quantitative estimate of drug-likeness (QED) is 0.272. The summed E-state index contributed by atoms with van der Waals surface area (Å²) in [6.45, 7) is 11.4. The van der Waals surface area contributed by atoms with E-state index in [0.717, 1.165) is 10.9 Å². The highest BCUT2D eigenvalue weighted by molar-refractivity contribution is 6.32. The molecular formula is C27H28ClF2N7O4. The Morgan fingerprint density at radius 1 is 1.00 bits per heavy atom. The molecule has 41 heavy (non-hydrogen) atoms. The van der Waals surface area contributed by atoms with Gasteiger partial charge in [-0.05, 0) is 60.6 Å². The van der Waals surface area contributed by atoms with Crippen LogP contribution < -0.4 is 10.2 Å². The van der Waals surface area contributed by atoms with E-state index in [1.165, 1.54) is 30.5 Å². The Kier molecular flexibility index (Phi) is 7.85. The lowest BCUT2D eigenvalue weighted by Crippen LogP contribution is -2.44. The van der Waals surface area contributed by atoms with Crippen LogP contribution >= 0.6 is 11.6 Å². The summed E-state index contributed by atoms with van der Waals surface area (Å²) in [6, 6.07) is 5.42. The molecule has 0 saturated heterocycles. The molecule has 0 aliphatic heterocycles. The summed E-state index contributed by atoms with van der Waals surface area (Å²) >= 11 is 6.17. The van der Waals surface area contributed by atoms with Gasteiger partial charge in [-0.2, -0.15) is 10.00 Å². The number of imide groups is 1. The SMILES string of the molecule is Cc1nc(Nc2ncc(F)c3nn(-c4c(F)cccc4Cl)cc23)cc(N(C(=O)OC(C)(C)C)C(=O)OC(C)(C)C)n1. The third-order valence-corrected chi connectivity index (χ3v) is 5.43. The maximum Gasteiger partial charge on any atom is 0.425 e. The maximum atomic E-state index is 14.7. The van der Waals surface area contributed by atoms with Gasteiger partial charge in [0.2, 0.25) is 0 Å². The smallest absolute Gasteiger partial charge is 0.425 e. The first-order chi connectivity index (χ1) is 19.0. The number of benzene rings is 1. The first-order valence-electron chi connectivity index (χ1n) is 12.4. The molecule has 4 aromatic rings. The minimum Gasteiger partial charge on any atom is -0.443 e. The Balaban J connectivity index is 1.77. The molecule has 1 aromatic carbocycles. The van der Waals surface area contributed by atoms with Crippen molar-refractivity contribution < 1.29 is 27.8 Å². The van der Waals surface area contributed by atoms with E-state index < -0.39 is 35.0 Å². The van der Waals surface area contributed by atoms with Gasteiger partial charge < -0.3 is 14.8 Å². The van der Waals surface area contributed by atoms with E-state index in [1.807, 2.05) is 0 Å². The number of anilines is 3. The van der Waals surface area contributed by atoms with Gasteiger partial charge in [0, 0.05) is 12.3 Å². The molecule has 216 valence electrons. The van der Waals surface area contributed by atoms with E-state index in [1.54, 1.807) is 48.5 Å². The van der Waals surface area contributed by atoms with Gasteiger partial charge in [0.15, 0.2) is 11.6 Å². The molecule has 0 unspecified atom stereocenters. The second-order valence-corrected chi connectivity index (χ2v) is 11.3. The van der Waals surface area contributed by atoms with E-state index in [4.69, 9.17) is 21.1 Å². The van der Waals surface area contributed by atoms with Crippen molar-refractivity contribution in [1.82, 2.24) is 24.7 Å². The molecule has 0 aliphatic rings. The van der Waals surface area contributed by atoms with Crippen LogP contribution in [0.1, 0.15) is 47.4 Å².